The Kier molecular flexibility index (Phi) is 38.4. The number of carbonyl (C=O) groups is 2. The van der Waals surface area contributed by atoms with Gasteiger partial charge in [-0.3, -0.25) is 23.2 Å². The van der Waals surface area contributed by atoms with Crippen LogP contribution >= 0.6 is 15.6 Å². The van der Waals surface area contributed by atoms with Crippen molar-refractivity contribution in [1.82, 2.24) is 0 Å². The number of hydrogen-bond acceptors (Lipinski definition) is 11. The highest BCUT2D eigenvalue weighted by Crippen LogP contribution is 2.43. The van der Waals surface area contributed by atoms with E-state index < -0.39 is 72.3 Å². The fourth-order valence-electron chi connectivity index (χ4n) is 5.00. The number of aliphatic hydroxyl groups is 2. The summed E-state index contributed by atoms with van der Waals surface area (Å²) in [5.41, 5.74) is 0. The minimum absolute atomic E-state index is 0.0360. The first kappa shape index (κ1) is 58.7. The fourth-order valence-corrected chi connectivity index (χ4v) is 6.16. The molecule has 14 nitrogen and oxygen atoms in total. The summed E-state index contributed by atoms with van der Waals surface area (Å²) in [6.45, 7) is 1.32. The summed E-state index contributed by atoms with van der Waals surface area (Å²) in [7, 11) is -9.73. The zero-order chi connectivity index (χ0) is 46.0. The van der Waals surface area contributed by atoms with E-state index in [0.29, 0.717) is 25.7 Å². The van der Waals surface area contributed by atoms with Crippen LogP contribution in [-0.2, 0) is 41.8 Å². The van der Waals surface area contributed by atoms with E-state index in [0.717, 1.165) is 70.6 Å². The molecule has 0 aliphatic carbocycles. The molecule has 4 atom stereocenters. The number of unbranched alkanes of at least 4 members (excludes halogenated alkanes) is 5. The molecular formula is C46H74O14P2. The van der Waals surface area contributed by atoms with Crippen molar-refractivity contribution >= 4 is 27.6 Å². The van der Waals surface area contributed by atoms with Gasteiger partial charge in [0.2, 0.25) is 0 Å². The van der Waals surface area contributed by atoms with E-state index in [1.165, 1.54) is 0 Å². The fraction of sp³-hybridized carbons (Fsp3) is 0.565. The summed E-state index contributed by atoms with van der Waals surface area (Å²) < 4.78 is 47.6. The van der Waals surface area contributed by atoms with Crippen molar-refractivity contribution in [2.45, 2.75) is 141 Å². The maximum atomic E-state index is 12.7. The van der Waals surface area contributed by atoms with Crippen LogP contribution in [0.25, 0.3) is 0 Å². The molecule has 62 heavy (non-hydrogen) atoms. The lowest BCUT2D eigenvalue weighted by Crippen LogP contribution is -2.29. The lowest BCUT2D eigenvalue weighted by atomic mass is 10.1. The monoisotopic (exact) mass is 912 g/mol. The zero-order valence-corrected chi connectivity index (χ0v) is 38.6. The van der Waals surface area contributed by atoms with Crippen LogP contribution in [0, 0.1) is 0 Å². The first-order chi connectivity index (χ1) is 29.8. The maximum absolute atomic E-state index is 12.7. The molecule has 5 N–H and O–H groups in total. The third kappa shape index (κ3) is 43.4. The second-order valence-corrected chi connectivity index (χ2v) is 16.7. The number of hydrogen-bond donors (Lipinski definition) is 5. The zero-order valence-electron chi connectivity index (χ0n) is 36.8. The summed E-state index contributed by atoms with van der Waals surface area (Å²) in [5, 5.41) is 19.7. The average Bonchev–Trinajstić information content (AvgIpc) is 3.23. The van der Waals surface area contributed by atoms with E-state index in [-0.39, 0.29) is 12.8 Å². The minimum atomic E-state index is -4.88. The highest BCUT2D eigenvalue weighted by molar-refractivity contribution is 7.47. The van der Waals surface area contributed by atoms with Crippen LogP contribution in [0.4, 0.5) is 0 Å². The lowest BCUT2D eigenvalue weighted by molar-refractivity contribution is -0.161. The first-order valence-electron chi connectivity index (χ1n) is 21.7. The van der Waals surface area contributed by atoms with Crippen molar-refractivity contribution in [3.05, 3.63) is 109 Å². The predicted molar refractivity (Wildman–Crippen MR) is 245 cm³/mol. The van der Waals surface area contributed by atoms with Crippen molar-refractivity contribution in [3.8, 4) is 0 Å². The molecule has 352 valence electrons. The van der Waals surface area contributed by atoms with Gasteiger partial charge in [0.05, 0.1) is 25.9 Å². The molecular weight excluding hydrogens is 838 g/mol. The SMILES string of the molecule is CC/C=C\C/C=C\C/C=C\CCCCCCCC(=O)O[C@H](COC(=O)CC/C=C\C/C=C\C/C=C\C=C\C(O)C/C=C\C/C=C\CC)COP(=O)(O)OC[C@@H](O)COP(=O)(O)O. The number of ether oxygens (including phenoxy) is 2. The van der Waals surface area contributed by atoms with Gasteiger partial charge in [-0.25, -0.2) is 9.13 Å². The molecule has 0 aromatic rings. The van der Waals surface area contributed by atoms with Gasteiger partial charge >= 0.3 is 27.6 Å². The Hall–Kier alpha value is -3.26. The van der Waals surface area contributed by atoms with Gasteiger partial charge in [-0.2, -0.15) is 0 Å². The van der Waals surface area contributed by atoms with Crippen LogP contribution in [0.3, 0.4) is 0 Å². The Morgan fingerprint density at radius 3 is 1.68 bits per heavy atom. The maximum Gasteiger partial charge on any atom is 0.472 e. The van der Waals surface area contributed by atoms with Crippen LogP contribution in [0.15, 0.2) is 109 Å². The molecule has 0 amide bonds. The van der Waals surface area contributed by atoms with Crippen molar-refractivity contribution in [1.29, 1.82) is 0 Å². The summed E-state index contributed by atoms with van der Waals surface area (Å²) in [4.78, 5) is 52.7. The van der Waals surface area contributed by atoms with Crippen molar-refractivity contribution in [2.24, 2.45) is 0 Å². The van der Waals surface area contributed by atoms with Gasteiger partial charge in [0.15, 0.2) is 6.10 Å². The van der Waals surface area contributed by atoms with Crippen LogP contribution in [0.2, 0.25) is 0 Å². The first-order valence-corrected chi connectivity index (χ1v) is 24.7. The molecule has 0 saturated heterocycles. The molecule has 0 spiro atoms. The Morgan fingerprint density at radius 1 is 0.532 bits per heavy atom. The minimum Gasteiger partial charge on any atom is -0.462 e. The van der Waals surface area contributed by atoms with Crippen molar-refractivity contribution in [3.63, 3.8) is 0 Å². The van der Waals surface area contributed by atoms with E-state index >= 15 is 0 Å². The van der Waals surface area contributed by atoms with E-state index in [4.69, 9.17) is 23.8 Å². The highest BCUT2D eigenvalue weighted by Gasteiger charge is 2.28. The summed E-state index contributed by atoms with van der Waals surface area (Å²) >= 11 is 0. The highest BCUT2D eigenvalue weighted by atomic mass is 31.2. The lowest BCUT2D eigenvalue weighted by Gasteiger charge is -2.20. The molecule has 0 fully saturated rings. The van der Waals surface area contributed by atoms with Crippen molar-refractivity contribution < 1.29 is 66.7 Å². The van der Waals surface area contributed by atoms with Crippen LogP contribution in [0.1, 0.15) is 123 Å². The number of aliphatic hydroxyl groups excluding tert-OH is 2. The molecule has 0 bridgehead atoms. The topological polar surface area (TPSA) is 216 Å². The number of allylic oxidation sites excluding steroid dienone is 16. The van der Waals surface area contributed by atoms with E-state index in [1.54, 1.807) is 6.08 Å². The Morgan fingerprint density at radius 2 is 1.05 bits per heavy atom. The number of esters is 2. The Bertz CT molecular complexity index is 1520. The largest absolute Gasteiger partial charge is 0.472 e. The van der Waals surface area contributed by atoms with Gasteiger partial charge in [0.25, 0.3) is 0 Å². The third-order valence-electron chi connectivity index (χ3n) is 8.24. The quantitative estimate of drug-likeness (QED) is 0.0128. The number of phosphoric acid groups is 2. The second-order valence-electron chi connectivity index (χ2n) is 14.1. The van der Waals surface area contributed by atoms with Gasteiger partial charge < -0.3 is 34.4 Å². The Labute approximate surface area is 370 Å². The van der Waals surface area contributed by atoms with Crippen LogP contribution < -0.4 is 0 Å². The second kappa shape index (κ2) is 40.5. The molecule has 0 saturated carbocycles. The number of carbonyl (C=O) groups excluding carboxylic acids is 2. The van der Waals surface area contributed by atoms with Gasteiger partial charge in [-0.15, -0.1) is 0 Å². The Balaban J connectivity index is 4.73. The molecule has 0 aromatic carbocycles. The third-order valence-corrected chi connectivity index (χ3v) is 9.68. The molecule has 16 heteroatoms. The number of phosphoric ester groups is 2. The predicted octanol–water partition coefficient (Wildman–Crippen LogP) is 10.1. The molecule has 0 aromatic heterocycles. The summed E-state index contributed by atoms with van der Waals surface area (Å²) in [6, 6.07) is 0. The molecule has 0 aliphatic heterocycles. The van der Waals surface area contributed by atoms with Crippen molar-refractivity contribution in [2.75, 3.05) is 26.4 Å². The van der Waals surface area contributed by atoms with Crippen LogP contribution in [0.5, 0.6) is 0 Å². The standard InChI is InChI=1S/C46H74O14P2/c1-3-5-7-9-11-12-13-14-15-16-17-22-25-29-33-37-46(50)60-44(41-59-62(54,55)58-39-43(48)38-57-61(51,52)53)40-56-45(49)36-32-28-24-21-19-18-20-23-27-31-35-42(47)34-30-26-10-8-6-4-2/h5-8,11-12,14-15,18-19,23-24,26-28,30-31,35,42-44,47-48H,3-4,9-10,13,16-17,20-22,25,29,32-34,36-41H2,1-2H3,(H,54,55)(H2,51,52,53)/b7-5-,8-6-,12-11-,15-14-,19-18-,27-23-,28-24-,30-26-,35-31+/t42?,43-,44+/m0/s1. The molecule has 2 unspecified atom stereocenters. The molecule has 0 heterocycles. The van der Waals surface area contributed by atoms with E-state index in [2.05, 4.69) is 71.5 Å². The normalized spacial score (nSPS) is 15.5. The number of rotatable bonds is 39. The molecule has 0 radical (unpaired) electrons. The van der Waals surface area contributed by atoms with Gasteiger partial charge in [0, 0.05) is 12.8 Å². The summed E-state index contributed by atoms with van der Waals surface area (Å²) in [6.07, 6.45) is 45.5. The smallest absolute Gasteiger partial charge is 0.462 e. The van der Waals surface area contributed by atoms with Gasteiger partial charge in [-0.05, 0) is 77.0 Å². The van der Waals surface area contributed by atoms with E-state index in [1.807, 2.05) is 54.7 Å². The van der Waals surface area contributed by atoms with Crippen LogP contribution in [-0.4, -0.2) is 81.6 Å². The van der Waals surface area contributed by atoms with Gasteiger partial charge in [0.1, 0.15) is 12.7 Å². The van der Waals surface area contributed by atoms with E-state index in [9.17, 15) is 33.8 Å². The summed E-state index contributed by atoms with van der Waals surface area (Å²) in [5.74, 6) is -1.19. The van der Waals surface area contributed by atoms with Gasteiger partial charge in [-0.1, -0.05) is 142 Å². The molecule has 0 aliphatic rings. The average molecular weight is 913 g/mol. The molecule has 0 rings (SSSR count).